The maximum absolute atomic E-state index is 8.54. The second-order valence-corrected chi connectivity index (χ2v) is 2.15. The van der Waals surface area contributed by atoms with Gasteiger partial charge in [-0.15, -0.1) is 0 Å². The van der Waals surface area contributed by atoms with Crippen molar-refractivity contribution in [3.8, 4) is 0 Å². The Hall–Kier alpha value is -0.297. The van der Waals surface area contributed by atoms with Gasteiger partial charge < -0.3 is 0 Å². The summed E-state index contributed by atoms with van der Waals surface area (Å²) < 4.78 is 17.1. The van der Waals surface area contributed by atoms with Gasteiger partial charge in [-0.1, -0.05) is 35.9 Å². The molecule has 0 amide bonds. The van der Waals surface area contributed by atoms with Gasteiger partial charge in [0.15, 0.2) is 0 Å². The van der Waals surface area contributed by atoms with Crippen LogP contribution in [0.1, 0.15) is 5.56 Å². The molecule has 0 saturated heterocycles. The third-order valence-corrected chi connectivity index (χ3v) is 0.940. The van der Waals surface area contributed by atoms with E-state index in [1.54, 1.807) is 0 Å². The van der Waals surface area contributed by atoms with Gasteiger partial charge in [-0.25, -0.2) is 0 Å². The van der Waals surface area contributed by atoms with Crippen LogP contribution in [0.5, 0.6) is 0 Å². The molecule has 1 rings (SSSR count). The van der Waals surface area contributed by atoms with Crippen molar-refractivity contribution in [3.63, 3.8) is 0 Å². The van der Waals surface area contributed by atoms with Crippen molar-refractivity contribution >= 4 is 0 Å². The molecule has 52 valence electrons. The van der Waals surface area contributed by atoms with Crippen LogP contribution in [0.2, 0.25) is 0 Å². The minimum atomic E-state index is -2.27. The van der Waals surface area contributed by atoms with Crippen molar-refractivity contribution < 1.29 is 28.9 Å². The Morgan fingerprint density at radius 3 is 1.70 bits per heavy atom. The van der Waals surface area contributed by atoms with Gasteiger partial charge >= 0.3 is 28.9 Å². The van der Waals surface area contributed by atoms with Crippen molar-refractivity contribution in [2.45, 2.75) is 6.92 Å². The van der Waals surface area contributed by atoms with E-state index in [1.165, 1.54) is 5.56 Å². The van der Waals surface area contributed by atoms with Gasteiger partial charge in [0.2, 0.25) is 0 Å². The predicted octanol–water partition coefficient (Wildman–Crippen LogP) is 1.75. The molecule has 0 radical (unpaired) electrons. The molecule has 1 aromatic carbocycles. The summed E-state index contributed by atoms with van der Waals surface area (Å²) >= 11 is -2.27. The fourth-order valence-corrected chi connectivity index (χ4v) is 0.534. The first-order chi connectivity index (χ1) is 4.81. The van der Waals surface area contributed by atoms with Crippen LogP contribution in [0, 0.1) is 6.92 Å². The van der Waals surface area contributed by atoms with Gasteiger partial charge in [0.1, 0.15) is 0 Å². The van der Waals surface area contributed by atoms with E-state index >= 15 is 0 Å². The zero-order chi connectivity index (χ0) is 7.82. The number of hydrogen-bond acceptors (Lipinski definition) is 2. The molecule has 1 aromatic rings. The molecule has 0 saturated carbocycles. The van der Waals surface area contributed by atoms with Crippen LogP contribution in [-0.2, 0) is 28.9 Å². The van der Waals surface area contributed by atoms with Crippen molar-refractivity contribution in [2.75, 3.05) is 0 Å². The Balaban J connectivity index is 0.000000236. The molecule has 0 unspecified atom stereocenters. The van der Waals surface area contributed by atoms with Gasteiger partial charge in [0.25, 0.3) is 0 Å². The zero-order valence-electron chi connectivity index (χ0n) is 5.70. The normalized spacial score (nSPS) is 6.90. The number of benzene rings is 1. The quantitative estimate of drug-likeness (QED) is 0.661. The third-order valence-electron chi connectivity index (χ3n) is 0.940. The first-order valence-corrected chi connectivity index (χ1v) is 4.83. The van der Waals surface area contributed by atoms with E-state index < -0.39 is 23.2 Å². The van der Waals surface area contributed by atoms with E-state index in [2.05, 4.69) is 19.1 Å². The molecule has 0 aliphatic carbocycles. The first-order valence-electron chi connectivity index (χ1n) is 2.82. The van der Waals surface area contributed by atoms with Crippen LogP contribution in [0.25, 0.3) is 0 Å². The van der Waals surface area contributed by atoms with Gasteiger partial charge in [-0.2, -0.15) is 0 Å². The molecule has 0 heterocycles. The van der Waals surface area contributed by atoms with Crippen molar-refractivity contribution in [1.29, 1.82) is 0 Å². The van der Waals surface area contributed by atoms with Gasteiger partial charge in [-0.05, 0) is 6.92 Å². The SMILES string of the molecule is Cc1ccccc1.[O]=[Zr]=[O]. The van der Waals surface area contributed by atoms with Gasteiger partial charge in [0, 0.05) is 0 Å². The number of hydrogen-bond donors (Lipinski definition) is 0. The van der Waals surface area contributed by atoms with E-state index in [9.17, 15) is 0 Å². The van der Waals surface area contributed by atoms with E-state index in [4.69, 9.17) is 5.63 Å². The minimum absolute atomic E-state index is 1.32. The first kappa shape index (κ1) is 9.70. The van der Waals surface area contributed by atoms with Crippen LogP contribution in [0.3, 0.4) is 0 Å². The van der Waals surface area contributed by atoms with Crippen LogP contribution in [0.15, 0.2) is 30.3 Å². The summed E-state index contributed by atoms with van der Waals surface area (Å²) in [6.07, 6.45) is 0. The van der Waals surface area contributed by atoms with Crippen LogP contribution < -0.4 is 0 Å². The summed E-state index contributed by atoms with van der Waals surface area (Å²) in [6, 6.07) is 10.3. The van der Waals surface area contributed by atoms with Gasteiger partial charge in [-0.3, -0.25) is 0 Å². The second-order valence-electron chi connectivity index (χ2n) is 1.74. The third kappa shape index (κ3) is 5.83. The average molecular weight is 215 g/mol. The average Bonchev–Trinajstić information content (AvgIpc) is 1.91. The van der Waals surface area contributed by atoms with Crippen LogP contribution in [0.4, 0.5) is 0 Å². The Bertz CT molecular complexity index is 202. The van der Waals surface area contributed by atoms with E-state index in [1.807, 2.05) is 18.2 Å². The fraction of sp³-hybridized carbons (Fsp3) is 0.143. The zero-order valence-corrected chi connectivity index (χ0v) is 8.16. The standard InChI is InChI=1S/C7H8.2O.Zr/c1-7-5-3-2-4-6-7;;;/h2-6H,1H3;;;. The summed E-state index contributed by atoms with van der Waals surface area (Å²) in [7, 11) is 0. The Morgan fingerprint density at radius 1 is 1.10 bits per heavy atom. The molecule has 2 nitrogen and oxygen atoms in total. The van der Waals surface area contributed by atoms with Crippen LogP contribution in [-0.4, -0.2) is 0 Å². The summed E-state index contributed by atoms with van der Waals surface area (Å²) in [6.45, 7) is 2.08. The Morgan fingerprint density at radius 2 is 1.50 bits per heavy atom. The van der Waals surface area contributed by atoms with Gasteiger partial charge in [0.05, 0.1) is 0 Å². The van der Waals surface area contributed by atoms with Crippen molar-refractivity contribution in [1.82, 2.24) is 0 Å². The fourth-order valence-electron chi connectivity index (χ4n) is 0.534. The summed E-state index contributed by atoms with van der Waals surface area (Å²) in [4.78, 5) is 0. The van der Waals surface area contributed by atoms with Crippen molar-refractivity contribution in [3.05, 3.63) is 35.9 Å². The molecule has 0 aliphatic rings. The monoisotopic (exact) mass is 214 g/mol. The molecule has 0 aliphatic heterocycles. The topological polar surface area (TPSA) is 34.1 Å². The molecule has 0 atom stereocenters. The molecule has 10 heavy (non-hydrogen) atoms. The molecular weight excluding hydrogens is 207 g/mol. The van der Waals surface area contributed by atoms with E-state index in [-0.39, 0.29) is 0 Å². The van der Waals surface area contributed by atoms with E-state index in [0.717, 1.165) is 0 Å². The molecule has 3 heteroatoms. The molecule has 0 bridgehead atoms. The number of rotatable bonds is 0. The number of aryl methyl sites for hydroxylation is 1. The summed E-state index contributed by atoms with van der Waals surface area (Å²) in [5.74, 6) is 0. The molecule has 0 aromatic heterocycles. The predicted molar refractivity (Wildman–Crippen MR) is 32.6 cm³/mol. The molecular formula is C7H8O2Zr. The summed E-state index contributed by atoms with van der Waals surface area (Å²) in [5, 5.41) is 0. The molecule has 0 spiro atoms. The van der Waals surface area contributed by atoms with Crippen LogP contribution >= 0.6 is 0 Å². The van der Waals surface area contributed by atoms with Crippen molar-refractivity contribution in [2.24, 2.45) is 0 Å². The second kappa shape index (κ2) is 6.82. The van der Waals surface area contributed by atoms with E-state index in [0.29, 0.717) is 0 Å². The Labute approximate surface area is 71.7 Å². The maximum atomic E-state index is 8.54. The molecule has 0 N–H and O–H groups in total. The molecule has 0 fully saturated rings. The Kier molecular flexibility index (Phi) is 6.62. The summed E-state index contributed by atoms with van der Waals surface area (Å²) in [5.41, 5.74) is 1.32.